The molecule has 1 aliphatic rings. The van der Waals surface area contributed by atoms with Crippen LogP contribution in [0.2, 0.25) is 0 Å². The second kappa shape index (κ2) is 8.06. The Morgan fingerprint density at radius 3 is 2.52 bits per heavy atom. The zero-order valence-corrected chi connectivity index (χ0v) is 15.1. The van der Waals surface area contributed by atoms with Crippen molar-refractivity contribution >= 4 is 39.9 Å². The summed E-state index contributed by atoms with van der Waals surface area (Å²) in [5.74, 6) is 0.563. The maximum absolute atomic E-state index is 11.8. The van der Waals surface area contributed by atoms with Gasteiger partial charge in [0.2, 0.25) is 0 Å². The predicted molar refractivity (Wildman–Crippen MR) is 103 cm³/mol. The molecule has 0 radical (unpaired) electrons. The number of hydrogen-bond donors (Lipinski definition) is 0. The summed E-state index contributed by atoms with van der Waals surface area (Å²) in [7, 11) is 0. The summed E-state index contributed by atoms with van der Waals surface area (Å²) >= 11 is 2.87. The van der Waals surface area contributed by atoms with Crippen LogP contribution in [0.25, 0.3) is 6.08 Å². The third kappa shape index (κ3) is 4.53. The lowest BCUT2D eigenvalue weighted by molar-refractivity contribution is -0.113. The molecule has 6 heteroatoms. The van der Waals surface area contributed by atoms with E-state index in [1.807, 2.05) is 48.7 Å². The fourth-order valence-electron chi connectivity index (χ4n) is 2.13. The number of rotatable bonds is 4. The fourth-order valence-corrected chi connectivity index (χ4v) is 3.55. The van der Waals surface area contributed by atoms with Crippen molar-refractivity contribution in [2.45, 2.75) is 6.61 Å². The van der Waals surface area contributed by atoms with Crippen LogP contribution in [-0.2, 0) is 11.4 Å². The molecule has 2 aromatic rings. The van der Waals surface area contributed by atoms with Gasteiger partial charge in [0.05, 0.1) is 16.5 Å². The minimum atomic E-state index is -0.185. The topological polar surface area (TPSA) is 62.4 Å². The number of aliphatic imine (C=N–C) groups is 1. The van der Waals surface area contributed by atoms with Crippen molar-refractivity contribution in [1.82, 2.24) is 0 Å². The Bertz CT molecular complexity index is 879. The van der Waals surface area contributed by atoms with Gasteiger partial charge in [0.1, 0.15) is 16.7 Å². The van der Waals surface area contributed by atoms with Crippen molar-refractivity contribution in [3.63, 3.8) is 0 Å². The first-order valence-corrected chi connectivity index (χ1v) is 9.50. The van der Waals surface area contributed by atoms with Crippen molar-refractivity contribution < 1.29 is 9.53 Å². The molecule has 1 heterocycles. The third-order valence-electron chi connectivity index (χ3n) is 3.44. The number of ether oxygens (including phenoxy) is 1. The maximum atomic E-state index is 11.8. The van der Waals surface area contributed by atoms with Crippen LogP contribution in [0.15, 0.2) is 58.4 Å². The highest BCUT2D eigenvalue weighted by molar-refractivity contribution is 8.40. The second-order valence-electron chi connectivity index (χ2n) is 5.16. The van der Waals surface area contributed by atoms with Gasteiger partial charge in [-0.05, 0) is 47.7 Å². The quantitative estimate of drug-likeness (QED) is 0.747. The van der Waals surface area contributed by atoms with E-state index in [1.54, 1.807) is 12.1 Å². The molecular weight excluding hydrogens is 352 g/mol. The fraction of sp³-hybridized carbons (Fsp3) is 0.105. The van der Waals surface area contributed by atoms with E-state index < -0.39 is 0 Å². The molecule has 0 saturated carbocycles. The molecule has 1 amide bonds. The second-order valence-corrected chi connectivity index (χ2v) is 7.25. The average Bonchev–Trinajstić information content (AvgIpc) is 3.01. The summed E-state index contributed by atoms with van der Waals surface area (Å²) in [6.45, 7) is 0.436. The first-order valence-electron chi connectivity index (χ1n) is 7.46. The van der Waals surface area contributed by atoms with Crippen molar-refractivity contribution in [3.8, 4) is 11.8 Å². The number of nitriles is 1. The molecule has 0 bridgehead atoms. The number of thioether (sulfide) groups is 2. The largest absolute Gasteiger partial charge is 0.489 e. The number of hydrogen-bond acceptors (Lipinski definition) is 5. The summed E-state index contributed by atoms with van der Waals surface area (Å²) < 4.78 is 6.52. The van der Waals surface area contributed by atoms with E-state index in [2.05, 4.69) is 11.1 Å². The van der Waals surface area contributed by atoms with E-state index in [0.717, 1.165) is 21.3 Å². The molecule has 2 aromatic carbocycles. The van der Waals surface area contributed by atoms with Gasteiger partial charge < -0.3 is 4.74 Å². The summed E-state index contributed by atoms with van der Waals surface area (Å²) in [4.78, 5) is 16.4. The molecule has 0 unspecified atom stereocenters. The van der Waals surface area contributed by atoms with Gasteiger partial charge in [0.15, 0.2) is 0 Å². The number of carbonyl (C=O) groups is 1. The Hall–Kier alpha value is -2.49. The van der Waals surface area contributed by atoms with Crippen molar-refractivity contribution in [1.29, 1.82) is 5.26 Å². The molecule has 124 valence electrons. The zero-order valence-electron chi connectivity index (χ0n) is 13.4. The molecule has 0 spiro atoms. The third-order valence-corrected chi connectivity index (χ3v) is 5.41. The Balaban J connectivity index is 1.61. The van der Waals surface area contributed by atoms with Crippen LogP contribution in [-0.4, -0.2) is 16.5 Å². The Kier molecular flexibility index (Phi) is 5.59. The van der Waals surface area contributed by atoms with Crippen LogP contribution < -0.4 is 4.74 Å². The Morgan fingerprint density at radius 1 is 1.20 bits per heavy atom. The van der Waals surface area contributed by atoms with Crippen LogP contribution in [0.3, 0.4) is 0 Å². The molecular formula is C19H14N2O2S2. The normalized spacial score (nSPS) is 15.1. The van der Waals surface area contributed by atoms with Gasteiger partial charge in [-0.25, -0.2) is 0 Å². The number of nitrogens with zero attached hydrogens (tertiary/aromatic N) is 2. The highest BCUT2D eigenvalue weighted by Gasteiger charge is 2.20. The van der Waals surface area contributed by atoms with Gasteiger partial charge in [-0.2, -0.15) is 10.3 Å². The average molecular weight is 366 g/mol. The van der Waals surface area contributed by atoms with E-state index in [4.69, 9.17) is 10.00 Å². The summed E-state index contributed by atoms with van der Waals surface area (Å²) in [5, 5.41) is 8.79. The maximum Gasteiger partial charge on any atom is 0.285 e. The van der Waals surface area contributed by atoms with Gasteiger partial charge >= 0.3 is 0 Å². The number of amides is 1. The summed E-state index contributed by atoms with van der Waals surface area (Å²) in [5.41, 5.74) is 2.56. The summed E-state index contributed by atoms with van der Waals surface area (Å²) in [6.07, 6.45) is 3.74. The van der Waals surface area contributed by atoms with Gasteiger partial charge in [-0.3, -0.25) is 4.79 Å². The van der Waals surface area contributed by atoms with Crippen molar-refractivity contribution in [2.75, 3.05) is 6.26 Å². The van der Waals surface area contributed by atoms with Gasteiger partial charge in [-0.1, -0.05) is 36.0 Å². The van der Waals surface area contributed by atoms with Gasteiger partial charge in [0.25, 0.3) is 5.91 Å². The Labute approximate surface area is 154 Å². The lowest BCUT2D eigenvalue weighted by atomic mass is 10.1. The molecule has 0 N–H and O–H groups in total. The molecule has 0 saturated heterocycles. The molecule has 3 rings (SSSR count). The first kappa shape index (κ1) is 17.3. The Morgan fingerprint density at radius 2 is 1.92 bits per heavy atom. The van der Waals surface area contributed by atoms with Gasteiger partial charge in [0, 0.05) is 0 Å². The lowest BCUT2D eigenvalue weighted by Gasteiger charge is -2.06. The molecule has 0 atom stereocenters. The minimum Gasteiger partial charge on any atom is -0.489 e. The van der Waals surface area contributed by atoms with Crippen LogP contribution in [0, 0.1) is 11.3 Å². The molecule has 0 fully saturated rings. The highest BCUT2D eigenvalue weighted by Crippen LogP contribution is 2.32. The van der Waals surface area contributed by atoms with Crippen LogP contribution in [0.4, 0.5) is 0 Å². The first-order chi connectivity index (χ1) is 12.2. The van der Waals surface area contributed by atoms with Crippen LogP contribution in [0.5, 0.6) is 5.75 Å². The molecule has 4 nitrogen and oxygen atoms in total. The van der Waals surface area contributed by atoms with E-state index >= 15 is 0 Å². The monoisotopic (exact) mass is 366 g/mol. The number of carbonyl (C=O) groups excluding carboxylic acids is 1. The highest BCUT2D eigenvalue weighted by atomic mass is 32.2. The SMILES string of the molecule is CSC1=NC(=O)/C(=C\c2ccc(OCc3ccc(C#N)cc3)cc2)S1. The van der Waals surface area contributed by atoms with E-state index in [-0.39, 0.29) is 5.91 Å². The molecule has 0 aromatic heterocycles. The van der Waals surface area contributed by atoms with E-state index in [1.165, 1.54) is 23.5 Å². The molecule has 1 aliphatic heterocycles. The van der Waals surface area contributed by atoms with Crippen molar-refractivity contribution in [2.24, 2.45) is 4.99 Å². The van der Waals surface area contributed by atoms with E-state index in [0.29, 0.717) is 17.1 Å². The van der Waals surface area contributed by atoms with Crippen LogP contribution in [0.1, 0.15) is 16.7 Å². The lowest BCUT2D eigenvalue weighted by Crippen LogP contribution is -1.95. The summed E-state index contributed by atoms with van der Waals surface area (Å²) in [6, 6.07) is 17.0. The number of benzene rings is 2. The molecule has 25 heavy (non-hydrogen) atoms. The standard InChI is InChI=1S/C19H14N2O2S2/c1-24-19-21-18(22)17(25-19)10-13-6-8-16(9-7-13)23-12-15-4-2-14(11-20)3-5-15/h2-10H,12H2,1H3/b17-10+. The minimum absolute atomic E-state index is 0.185. The predicted octanol–water partition coefficient (Wildman–Crippen LogP) is 4.47. The van der Waals surface area contributed by atoms with Gasteiger partial charge in [-0.15, -0.1) is 11.8 Å². The van der Waals surface area contributed by atoms with Crippen LogP contribution >= 0.6 is 23.5 Å². The zero-order chi connectivity index (χ0) is 17.6. The molecule has 0 aliphatic carbocycles. The smallest absolute Gasteiger partial charge is 0.285 e. The van der Waals surface area contributed by atoms with E-state index in [9.17, 15) is 4.79 Å². The van der Waals surface area contributed by atoms with Crippen molar-refractivity contribution in [3.05, 3.63) is 70.1 Å².